The van der Waals surface area contributed by atoms with Gasteiger partial charge in [0.1, 0.15) is 0 Å². The van der Waals surface area contributed by atoms with Crippen molar-refractivity contribution in [3.63, 3.8) is 0 Å². The van der Waals surface area contributed by atoms with Crippen molar-refractivity contribution in [2.24, 2.45) is 5.41 Å². The monoisotopic (exact) mass is 166 g/mol. The summed E-state index contributed by atoms with van der Waals surface area (Å²) < 4.78 is 5.46. The summed E-state index contributed by atoms with van der Waals surface area (Å²) in [6, 6.07) is 0. The Bertz CT molecular complexity index is 237. The molecule has 1 rings (SSSR count). The minimum atomic E-state index is -0.194. The Balaban J connectivity index is 3.04. The molecule has 0 aromatic heterocycles. The molecule has 0 heterocycles. The zero-order valence-electron chi connectivity index (χ0n) is 8.53. The van der Waals surface area contributed by atoms with E-state index in [0.717, 1.165) is 17.6 Å². The standard InChI is InChI=1S/C11H18O/c1-8-9(2)11(5,12-6)7-10(8,3)4/h1-2,7H2,3-6H3. The highest BCUT2D eigenvalue weighted by Gasteiger charge is 2.45. The third kappa shape index (κ3) is 1.13. The largest absolute Gasteiger partial charge is 0.374 e. The van der Waals surface area contributed by atoms with Gasteiger partial charge in [0, 0.05) is 7.11 Å². The molecule has 1 aliphatic carbocycles. The van der Waals surface area contributed by atoms with Crippen LogP contribution >= 0.6 is 0 Å². The van der Waals surface area contributed by atoms with Crippen LogP contribution in [0.5, 0.6) is 0 Å². The van der Waals surface area contributed by atoms with Crippen LogP contribution in [-0.2, 0) is 4.74 Å². The van der Waals surface area contributed by atoms with Crippen LogP contribution in [0, 0.1) is 5.41 Å². The lowest BCUT2D eigenvalue weighted by Gasteiger charge is -2.24. The summed E-state index contributed by atoms with van der Waals surface area (Å²) in [4.78, 5) is 0. The van der Waals surface area contributed by atoms with Crippen LogP contribution in [-0.4, -0.2) is 12.7 Å². The lowest BCUT2D eigenvalue weighted by molar-refractivity contribution is 0.0313. The highest BCUT2D eigenvalue weighted by atomic mass is 16.5. The SMILES string of the molecule is C=C1C(=C)C(C)(OC)CC1(C)C. The van der Waals surface area contributed by atoms with Crippen LogP contribution < -0.4 is 0 Å². The minimum absolute atomic E-state index is 0.141. The molecule has 1 atom stereocenters. The van der Waals surface area contributed by atoms with E-state index in [-0.39, 0.29) is 11.0 Å². The Hall–Kier alpha value is -0.560. The van der Waals surface area contributed by atoms with Gasteiger partial charge in [-0.3, -0.25) is 0 Å². The van der Waals surface area contributed by atoms with Crippen molar-refractivity contribution in [3.05, 3.63) is 24.3 Å². The van der Waals surface area contributed by atoms with Crippen molar-refractivity contribution in [2.75, 3.05) is 7.11 Å². The number of methoxy groups -OCH3 is 1. The van der Waals surface area contributed by atoms with Gasteiger partial charge in [-0.25, -0.2) is 0 Å². The molecule has 0 radical (unpaired) electrons. The molecule has 1 saturated carbocycles. The summed E-state index contributed by atoms with van der Waals surface area (Å²) in [5.74, 6) is 0. The Morgan fingerprint density at radius 1 is 1.17 bits per heavy atom. The van der Waals surface area contributed by atoms with Gasteiger partial charge in [0.25, 0.3) is 0 Å². The molecule has 0 aliphatic heterocycles. The van der Waals surface area contributed by atoms with Crippen molar-refractivity contribution in [1.29, 1.82) is 0 Å². The van der Waals surface area contributed by atoms with E-state index in [1.54, 1.807) is 7.11 Å². The summed E-state index contributed by atoms with van der Waals surface area (Å²) in [5, 5.41) is 0. The molecule has 1 heteroatoms. The van der Waals surface area contributed by atoms with E-state index in [9.17, 15) is 0 Å². The van der Waals surface area contributed by atoms with E-state index in [4.69, 9.17) is 4.74 Å². The molecule has 0 N–H and O–H groups in total. The Morgan fingerprint density at radius 3 is 1.83 bits per heavy atom. The molecule has 12 heavy (non-hydrogen) atoms. The molecular formula is C11H18O. The number of rotatable bonds is 1. The van der Waals surface area contributed by atoms with E-state index < -0.39 is 0 Å². The van der Waals surface area contributed by atoms with Crippen LogP contribution in [0.25, 0.3) is 0 Å². The van der Waals surface area contributed by atoms with Crippen molar-refractivity contribution < 1.29 is 4.74 Å². The Morgan fingerprint density at radius 2 is 1.67 bits per heavy atom. The minimum Gasteiger partial charge on any atom is -0.374 e. The van der Waals surface area contributed by atoms with Gasteiger partial charge in [0.05, 0.1) is 5.60 Å². The van der Waals surface area contributed by atoms with Gasteiger partial charge in [0.2, 0.25) is 0 Å². The van der Waals surface area contributed by atoms with Crippen LogP contribution in [0.3, 0.4) is 0 Å². The van der Waals surface area contributed by atoms with Crippen molar-refractivity contribution in [1.82, 2.24) is 0 Å². The summed E-state index contributed by atoms with van der Waals surface area (Å²) >= 11 is 0. The molecular weight excluding hydrogens is 148 g/mol. The zero-order valence-corrected chi connectivity index (χ0v) is 8.53. The molecule has 0 bridgehead atoms. The van der Waals surface area contributed by atoms with E-state index in [1.807, 2.05) is 0 Å². The predicted molar refractivity (Wildman–Crippen MR) is 52.1 cm³/mol. The second-order valence-corrected chi connectivity index (χ2v) is 4.45. The molecule has 0 aromatic carbocycles. The van der Waals surface area contributed by atoms with Gasteiger partial charge >= 0.3 is 0 Å². The smallest absolute Gasteiger partial charge is 0.0904 e. The molecule has 1 unspecified atom stereocenters. The Labute approximate surface area is 75.1 Å². The first-order valence-electron chi connectivity index (χ1n) is 4.28. The van der Waals surface area contributed by atoms with Gasteiger partial charge in [-0.15, -0.1) is 0 Å². The van der Waals surface area contributed by atoms with E-state index in [0.29, 0.717) is 0 Å². The molecule has 1 aliphatic rings. The van der Waals surface area contributed by atoms with Crippen LogP contribution in [0.2, 0.25) is 0 Å². The van der Waals surface area contributed by atoms with Gasteiger partial charge < -0.3 is 4.74 Å². The van der Waals surface area contributed by atoms with Gasteiger partial charge in [-0.2, -0.15) is 0 Å². The molecule has 1 fully saturated rings. The summed E-state index contributed by atoms with van der Waals surface area (Å²) in [6.07, 6.45) is 0.980. The Kier molecular flexibility index (Phi) is 1.95. The maximum absolute atomic E-state index is 5.46. The third-order valence-corrected chi connectivity index (χ3v) is 3.05. The predicted octanol–water partition coefficient (Wildman–Crippen LogP) is 2.93. The second kappa shape index (κ2) is 2.46. The number of ether oxygens (including phenoxy) is 1. The maximum atomic E-state index is 5.46. The fourth-order valence-electron chi connectivity index (χ4n) is 1.98. The fourth-order valence-corrected chi connectivity index (χ4v) is 1.98. The normalized spacial score (nSPS) is 34.3. The van der Waals surface area contributed by atoms with Crippen LogP contribution in [0.4, 0.5) is 0 Å². The fraction of sp³-hybridized carbons (Fsp3) is 0.636. The van der Waals surface area contributed by atoms with Crippen molar-refractivity contribution in [2.45, 2.75) is 32.8 Å². The zero-order chi connectivity index (χ0) is 9.57. The summed E-state index contributed by atoms with van der Waals surface area (Å²) in [7, 11) is 1.74. The maximum Gasteiger partial charge on any atom is 0.0904 e. The van der Waals surface area contributed by atoms with E-state index in [1.165, 1.54) is 0 Å². The van der Waals surface area contributed by atoms with Gasteiger partial charge in [-0.05, 0) is 29.9 Å². The quantitative estimate of drug-likeness (QED) is 0.582. The highest BCUT2D eigenvalue weighted by molar-refractivity contribution is 5.44. The van der Waals surface area contributed by atoms with Crippen LogP contribution in [0.1, 0.15) is 27.2 Å². The molecule has 0 aromatic rings. The van der Waals surface area contributed by atoms with E-state index in [2.05, 4.69) is 33.9 Å². The number of hydrogen-bond acceptors (Lipinski definition) is 1. The van der Waals surface area contributed by atoms with Gasteiger partial charge in [0.15, 0.2) is 0 Å². The number of hydrogen-bond donors (Lipinski definition) is 0. The van der Waals surface area contributed by atoms with E-state index >= 15 is 0 Å². The summed E-state index contributed by atoms with van der Waals surface area (Å²) in [6.45, 7) is 14.5. The average molecular weight is 166 g/mol. The summed E-state index contributed by atoms with van der Waals surface area (Å²) in [5.41, 5.74) is 2.13. The molecule has 0 saturated heterocycles. The molecule has 0 spiro atoms. The third-order valence-electron chi connectivity index (χ3n) is 3.05. The van der Waals surface area contributed by atoms with Gasteiger partial charge in [-0.1, -0.05) is 27.0 Å². The lowest BCUT2D eigenvalue weighted by Crippen LogP contribution is -2.25. The first-order chi connectivity index (χ1) is 5.33. The molecule has 0 amide bonds. The highest BCUT2D eigenvalue weighted by Crippen LogP contribution is 2.51. The second-order valence-electron chi connectivity index (χ2n) is 4.45. The first kappa shape index (κ1) is 9.53. The van der Waals surface area contributed by atoms with Crippen LogP contribution in [0.15, 0.2) is 24.3 Å². The average Bonchev–Trinajstić information content (AvgIpc) is 2.13. The molecule has 1 nitrogen and oxygen atoms in total. The van der Waals surface area contributed by atoms with Crippen molar-refractivity contribution >= 4 is 0 Å². The first-order valence-corrected chi connectivity index (χ1v) is 4.28. The van der Waals surface area contributed by atoms with Crippen molar-refractivity contribution in [3.8, 4) is 0 Å². The topological polar surface area (TPSA) is 9.23 Å². The lowest BCUT2D eigenvalue weighted by atomic mass is 9.87. The molecule has 68 valence electrons.